The Bertz CT molecular complexity index is 1030. The number of hydrogen-bond donors (Lipinski definition) is 3. The van der Waals surface area contributed by atoms with Crippen molar-refractivity contribution in [3.63, 3.8) is 0 Å². The normalized spacial score (nSPS) is 22.6. The van der Waals surface area contributed by atoms with E-state index in [0.29, 0.717) is 19.5 Å². The molecule has 0 saturated carbocycles. The van der Waals surface area contributed by atoms with Gasteiger partial charge in [-0.1, -0.05) is 12.1 Å². The maximum atomic E-state index is 12.6. The molecule has 166 valence electrons. The number of hydrogen-bond acceptors (Lipinski definition) is 5. The summed E-state index contributed by atoms with van der Waals surface area (Å²) in [5.41, 5.74) is 8.16. The van der Waals surface area contributed by atoms with Gasteiger partial charge in [-0.3, -0.25) is 0 Å². The molecule has 0 radical (unpaired) electrons. The number of rotatable bonds is 4. The molecule has 2 aliphatic rings. The summed E-state index contributed by atoms with van der Waals surface area (Å²) in [4.78, 5) is 43.3. The summed E-state index contributed by atoms with van der Waals surface area (Å²) >= 11 is 0. The second-order valence-electron chi connectivity index (χ2n) is 8.33. The lowest BCUT2D eigenvalue weighted by Gasteiger charge is -2.46. The number of likely N-dealkylation sites (N-methyl/N-ethyl adjacent to an activating group) is 1. The van der Waals surface area contributed by atoms with E-state index >= 15 is 0 Å². The number of nitrogens with one attached hydrogen (secondary N) is 2. The number of carbonyl (C=O) groups excluding carboxylic acids is 3. The van der Waals surface area contributed by atoms with Crippen LogP contribution in [0.25, 0.3) is 10.9 Å². The van der Waals surface area contributed by atoms with Gasteiger partial charge in [0.2, 0.25) is 0 Å². The van der Waals surface area contributed by atoms with Crippen LogP contribution in [0.2, 0.25) is 0 Å². The van der Waals surface area contributed by atoms with Crippen molar-refractivity contribution in [3.05, 3.63) is 35.0 Å². The number of benzene rings is 1. The third-order valence-corrected chi connectivity index (χ3v) is 6.63. The van der Waals surface area contributed by atoms with Crippen molar-refractivity contribution >= 4 is 29.0 Å². The van der Waals surface area contributed by atoms with Crippen LogP contribution in [-0.2, 0) is 11.2 Å². The second-order valence-corrected chi connectivity index (χ2v) is 8.33. The predicted molar refractivity (Wildman–Crippen MR) is 116 cm³/mol. The molecule has 0 spiro atoms. The lowest BCUT2D eigenvalue weighted by Crippen LogP contribution is -2.56. The van der Waals surface area contributed by atoms with Gasteiger partial charge in [-0.05, 0) is 50.9 Å². The van der Waals surface area contributed by atoms with Crippen molar-refractivity contribution in [2.75, 3.05) is 26.7 Å². The van der Waals surface area contributed by atoms with Gasteiger partial charge in [0.05, 0.1) is 0 Å². The molecule has 1 aliphatic heterocycles. The first-order valence-electron chi connectivity index (χ1n) is 10.7. The number of aromatic amines is 1. The molecule has 4 rings (SSSR count). The molecule has 1 unspecified atom stereocenters. The monoisotopic (exact) mass is 427 g/mol. The van der Waals surface area contributed by atoms with Gasteiger partial charge in [-0.15, -0.1) is 0 Å². The number of aromatic nitrogens is 1. The average Bonchev–Trinajstić information content (AvgIpc) is 3.09. The van der Waals surface area contributed by atoms with Gasteiger partial charge in [0.15, 0.2) is 0 Å². The number of urea groups is 1. The number of piperidine rings is 1. The molecular formula is C22H29N5O4. The zero-order valence-electron chi connectivity index (χ0n) is 18.1. The fourth-order valence-corrected chi connectivity index (χ4v) is 5.23. The Labute approximate surface area is 180 Å². The number of nitrogens with two attached hydrogens (primary N) is 1. The van der Waals surface area contributed by atoms with Crippen LogP contribution < -0.4 is 11.1 Å². The molecule has 1 fully saturated rings. The van der Waals surface area contributed by atoms with Crippen molar-refractivity contribution < 1.29 is 19.1 Å². The lowest BCUT2D eigenvalue weighted by molar-refractivity contribution is 0.0629. The quantitative estimate of drug-likeness (QED) is 0.510. The van der Waals surface area contributed by atoms with E-state index in [1.54, 1.807) is 4.90 Å². The van der Waals surface area contributed by atoms with Crippen LogP contribution in [0, 0.1) is 0 Å². The highest BCUT2D eigenvalue weighted by Crippen LogP contribution is 2.44. The van der Waals surface area contributed by atoms with Crippen molar-refractivity contribution in [1.29, 1.82) is 0 Å². The summed E-state index contributed by atoms with van der Waals surface area (Å²) < 4.78 is 4.64. The number of esters is 1. The molecular weight excluding hydrogens is 398 g/mol. The van der Waals surface area contributed by atoms with Gasteiger partial charge in [0.25, 0.3) is 0 Å². The number of ether oxygens (including phenoxy) is 1. The first-order chi connectivity index (χ1) is 14.8. The summed E-state index contributed by atoms with van der Waals surface area (Å²) in [5.74, 6) is -0.543. The van der Waals surface area contributed by atoms with Gasteiger partial charge in [-0.2, -0.15) is 0 Å². The third kappa shape index (κ3) is 3.74. The Balaban J connectivity index is 1.66. The maximum Gasteiger partial charge on any atom is 0.412 e. The molecule has 1 aliphatic carbocycles. The molecule has 2 heterocycles. The van der Waals surface area contributed by atoms with E-state index in [1.807, 2.05) is 33.0 Å². The van der Waals surface area contributed by atoms with Crippen LogP contribution in [0.3, 0.4) is 0 Å². The number of fused-ring (bicyclic) bond motifs is 2. The van der Waals surface area contributed by atoms with Crippen molar-refractivity contribution in [3.8, 4) is 0 Å². The summed E-state index contributed by atoms with van der Waals surface area (Å²) in [6.07, 6.45) is 0.358. The van der Waals surface area contributed by atoms with Crippen molar-refractivity contribution in [2.45, 2.75) is 44.7 Å². The number of likely N-dealkylation sites (tertiary alicyclic amines) is 1. The number of nitrogens with zero attached hydrogens (tertiary/aromatic N) is 2. The topological polar surface area (TPSA) is 121 Å². The second kappa shape index (κ2) is 8.22. The number of amides is 3. The van der Waals surface area contributed by atoms with Crippen LogP contribution in [-0.4, -0.2) is 71.6 Å². The first-order valence-corrected chi connectivity index (χ1v) is 10.7. The molecule has 1 aromatic heterocycles. The van der Waals surface area contributed by atoms with Crippen LogP contribution in [0.15, 0.2) is 18.2 Å². The standard InChI is InChI=1S/C22H29N5O4/c1-4-27(5-2)22(30)24-12-9-14-13-7-6-8-16-18(13)15(10-17(14)26(3)11-12)19(25-16)20(28)31-21(23)29/h6-8,12,14,17,25H,4-5,9-11H2,1-3H3,(H2,23,29)(H,24,30)/t12?,14-,17-/m1/s1. The fraction of sp³-hybridized carbons (Fsp3) is 0.500. The van der Waals surface area contributed by atoms with E-state index in [9.17, 15) is 14.4 Å². The van der Waals surface area contributed by atoms with Crippen LogP contribution in [0.1, 0.15) is 47.8 Å². The van der Waals surface area contributed by atoms with E-state index in [-0.39, 0.29) is 29.7 Å². The van der Waals surface area contributed by atoms with Gasteiger partial charge in [0, 0.05) is 48.5 Å². The zero-order chi connectivity index (χ0) is 22.3. The van der Waals surface area contributed by atoms with E-state index < -0.39 is 12.1 Å². The molecule has 0 bridgehead atoms. The van der Waals surface area contributed by atoms with Crippen LogP contribution in [0.5, 0.6) is 0 Å². The van der Waals surface area contributed by atoms with E-state index in [0.717, 1.165) is 35.0 Å². The summed E-state index contributed by atoms with van der Waals surface area (Å²) in [5, 5.41) is 4.20. The first kappa shape index (κ1) is 21.2. The Kier molecular flexibility index (Phi) is 5.62. The van der Waals surface area contributed by atoms with Crippen LogP contribution in [0.4, 0.5) is 9.59 Å². The predicted octanol–water partition coefficient (Wildman–Crippen LogP) is 2.17. The van der Waals surface area contributed by atoms with Gasteiger partial charge in [0.1, 0.15) is 5.69 Å². The number of H-pyrrole nitrogens is 1. The summed E-state index contributed by atoms with van der Waals surface area (Å²) in [6, 6.07) is 6.14. The number of carbonyl (C=O) groups is 3. The summed E-state index contributed by atoms with van der Waals surface area (Å²) in [7, 11) is 2.05. The maximum absolute atomic E-state index is 12.6. The molecule has 2 aromatic rings. The fourth-order valence-electron chi connectivity index (χ4n) is 5.23. The van der Waals surface area contributed by atoms with E-state index in [4.69, 9.17) is 5.73 Å². The Hall–Kier alpha value is -3.07. The van der Waals surface area contributed by atoms with E-state index in [1.165, 1.54) is 0 Å². The minimum atomic E-state index is -1.12. The molecule has 3 amide bonds. The highest BCUT2D eigenvalue weighted by molar-refractivity contribution is 6.03. The summed E-state index contributed by atoms with van der Waals surface area (Å²) in [6.45, 7) is 6.02. The third-order valence-electron chi connectivity index (χ3n) is 6.63. The molecule has 9 nitrogen and oxygen atoms in total. The van der Waals surface area contributed by atoms with Crippen LogP contribution >= 0.6 is 0 Å². The SMILES string of the molecule is CCN(CC)C(=O)NC1C[C@@H]2c3cccc4[nH]c(C(=O)OC(N)=O)c(c34)C[C@H]2N(C)C1. The van der Waals surface area contributed by atoms with Gasteiger partial charge >= 0.3 is 18.1 Å². The lowest BCUT2D eigenvalue weighted by atomic mass is 9.73. The molecule has 31 heavy (non-hydrogen) atoms. The largest absolute Gasteiger partial charge is 0.412 e. The van der Waals surface area contributed by atoms with Gasteiger partial charge in [-0.25, -0.2) is 14.4 Å². The molecule has 4 N–H and O–H groups in total. The molecule has 1 saturated heterocycles. The highest BCUT2D eigenvalue weighted by Gasteiger charge is 2.41. The zero-order valence-corrected chi connectivity index (χ0v) is 18.1. The van der Waals surface area contributed by atoms with E-state index in [2.05, 4.69) is 26.0 Å². The smallest absolute Gasteiger partial charge is 0.372 e. The Morgan fingerprint density at radius 2 is 2.03 bits per heavy atom. The molecule has 9 heteroatoms. The number of primary amides is 1. The highest BCUT2D eigenvalue weighted by atomic mass is 16.6. The van der Waals surface area contributed by atoms with Gasteiger partial charge < -0.3 is 30.6 Å². The minimum absolute atomic E-state index is 0.0327. The Morgan fingerprint density at radius 1 is 1.29 bits per heavy atom. The average molecular weight is 428 g/mol. The minimum Gasteiger partial charge on any atom is -0.372 e. The van der Waals surface area contributed by atoms with Crippen molar-refractivity contribution in [1.82, 2.24) is 20.1 Å². The Morgan fingerprint density at radius 3 is 2.71 bits per heavy atom. The van der Waals surface area contributed by atoms with Crippen molar-refractivity contribution in [2.24, 2.45) is 5.73 Å². The molecule has 3 atom stereocenters. The molecule has 1 aromatic carbocycles.